The highest BCUT2D eigenvalue weighted by atomic mass is 79.9. The average Bonchev–Trinajstić information content (AvgIpc) is 2.22. The van der Waals surface area contributed by atoms with Crippen LogP contribution in [0.2, 0.25) is 23.2 Å². The molecule has 0 saturated heterocycles. The van der Waals surface area contributed by atoms with Gasteiger partial charge < -0.3 is 4.74 Å². The molecule has 0 N–H and O–H groups in total. The summed E-state index contributed by atoms with van der Waals surface area (Å²) in [5.74, 6) is 0. The molecular weight excluding hydrogens is 316 g/mol. The Hall–Kier alpha value is 0.167. The van der Waals surface area contributed by atoms with Crippen molar-refractivity contribution < 1.29 is 4.74 Å². The largest absolute Gasteiger partial charge is 0.376 e. The number of rotatable bonds is 5. The molecule has 1 nitrogen and oxygen atoms in total. The molecule has 0 aliphatic heterocycles. The number of benzene rings is 1. The summed E-state index contributed by atoms with van der Waals surface area (Å²) in [7, 11) is -0.695. The van der Waals surface area contributed by atoms with Gasteiger partial charge in [0.1, 0.15) is 0 Å². The summed E-state index contributed by atoms with van der Waals surface area (Å²) in [5, 5.41) is 1.10. The third-order valence-electron chi connectivity index (χ3n) is 3.30. The molecule has 0 radical (unpaired) electrons. The number of hydrogen-bond donors (Lipinski definition) is 0. The maximum Gasteiger partial charge on any atom is 0.0731 e. The molecule has 0 aromatic heterocycles. The molecule has 4 heteroatoms. The van der Waals surface area contributed by atoms with E-state index >= 15 is 0 Å². The van der Waals surface area contributed by atoms with E-state index in [2.05, 4.69) is 42.9 Å². The maximum atomic E-state index is 6.12. The molecule has 0 saturated carbocycles. The standard InChI is InChI=1S/C13H20BrClOSi/c1-13(2,17(3)4)9-16-8-10-7-11(14)5-6-12(10)15/h5-7,17H,8-9H2,1-4H3. The first kappa shape index (κ1) is 15.2. The lowest BCUT2D eigenvalue weighted by atomic mass is 10.2. The number of ether oxygens (including phenoxy) is 1. The van der Waals surface area contributed by atoms with Crippen LogP contribution in [0.1, 0.15) is 19.4 Å². The highest BCUT2D eigenvalue weighted by Gasteiger charge is 2.23. The minimum Gasteiger partial charge on any atom is -0.376 e. The van der Waals surface area contributed by atoms with Gasteiger partial charge in [-0.15, -0.1) is 0 Å². The summed E-state index contributed by atoms with van der Waals surface area (Å²) in [6.07, 6.45) is 0. The second kappa shape index (κ2) is 6.37. The van der Waals surface area contributed by atoms with Crippen LogP contribution in [0, 0.1) is 0 Å². The Labute approximate surface area is 119 Å². The Bertz CT molecular complexity index is 380. The topological polar surface area (TPSA) is 9.23 Å². The third-order valence-corrected chi connectivity index (χ3v) is 7.46. The van der Waals surface area contributed by atoms with Gasteiger partial charge in [-0.05, 0) is 28.8 Å². The molecule has 0 aliphatic rings. The second-order valence-electron chi connectivity index (χ2n) is 5.37. The van der Waals surface area contributed by atoms with Crippen LogP contribution in [0.25, 0.3) is 0 Å². The van der Waals surface area contributed by atoms with Gasteiger partial charge in [0.15, 0.2) is 0 Å². The van der Waals surface area contributed by atoms with Crippen molar-refractivity contribution in [2.45, 2.75) is 38.6 Å². The van der Waals surface area contributed by atoms with Crippen molar-refractivity contribution in [3.05, 3.63) is 33.3 Å². The molecular formula is C13H20BrClOSi. The molecule has 1 rings (SSSR count). The highest BCUT2D eigenvalue weighted by Crippen LogP contribution is 2.29. The van der Waals surface area contributed by atoms with E-state index in [1.54, 1.807) is 0 Å². The lowest BCUT2D eigenvalue weighted by Crippen LogP contribution is -2.26. The molecule has 0 unspecified atom stereocenters. The molecule has 17 heavy (non-hydrogen) atoms. The first-order valence-electron chi connectivity index (χ1n) is 5.84. The summed E-state index contributed by atoms with van der Waals surface area (Å²) in [4.78, 5) is 0. The van der Waals surface area contributed by atoms with Crippen LogP contribution in [0.4, 0.5) is 0 Å². The Morgan fingerprint density at radius 3 is 2.59 bits per heavy atom. The van der Waals surface area contributed by atoms with Crippen molar-refractivity contribution in [3.63, 3.8) is 0 Å². The summed E-state index contributed by atoms with van der Waals surface area (Å²) >= 11 is 9.56. The van der Waals surface area contributed by atoms with Crippen LogP contribution < -0.4 is 0 Å². The van der Waals surface area contributed by atoms with E-state index in [4.69, 9.17) is 16.3 Å². The van der Waals surface area contributed by atoms with Crippen molar-refractivity contribution in [3.8, 4) is 0 Å². The lowest BCUT2D eigenvalue weighted by Gasteiger charge is -2.28. The van der Waals surface area contributed by atoms with Gasteiger partial charge in [-0.25, -0.2) is 0 Å². The molecule has 1 aromatic carbocycles. The molecule has 0 heterocycles. The van der Waals surface area contributed by atoms with Crippen molar-refractivity contribution in [2.75, 3.05) is 6.61 Å². The van der Waals surface area contributed by atoms with Crippen LogP contribution >= 0.6 is 27.5 Å². The Balaban J connectivity index is 2.54. The first-order chi connectivity index (χ1) is 7.83. The van der Waals surface area contributed by atoms with Gasteiger partial charge in [0.05, 0.1) is 6.61 Å². The molecule has 96 valence electrons. The van der Waals surface area contributed by atoms with Crippen molar-refractivity contribution in [1.29, 1.82) is 0 Å². The van der Waals surface area contributed by atoms with Gasteiger partial charge >= 0.3 is 0 Å². The Morgan fingerprint density at radius 2 is 2.00 bits per heavy atom. The maximum absolute atomic E-state index is 6.12. The van der Waals surface area contributed by atoms with Crippen LogP contribution in [0.5, 0.6) is 0 Å². The normalized spacial score (nSPS) is 12.2. The zero-order valence-corrected chi connectivity index (χ0v) is 14.4. The van der Waals surface area contributed by atoms with Crippen LogP contribution in [-0.4, -0.2) is 15.4 Å². The lowest BCUT2D eigenvalue weighted by molar-refractivity contribution is 0.101. The van der Waals surface area contributed by atoms with E-state index in [1.807, 2.05) is 18.2 Å². The fraction of sp³-hybridized carbons (Fsp3) is 0.538. The summed E-state index contributed by atoms with van der Waals surface area (Å²) in [5.41, 5.74) is 1.04. The predicted octanol–water partition coefficient (Wildman–Crippen LogP) is 4.89. The molecule has 0 spiro atoms. The monoisotopic (exact) mass is 334 g/mol. The fourth-order valence-corrected chi connectivity index (χ4v) is 2.28. The number of hydrogen-bond acceptors (Lipinski definition) is 1. The third kappa shape index (κ3) is 4.74. The van der Waals surface area contributed by atoms with Crippen LogP contribution in [-0.2, 0) is 11.3 Å². The summed E-state index contributed by atoms with van der Waals surface area (Å²) in [6, 6.07) is 5.85. The first-order valence-corrected chi connectivity index (χ1v) is 9.90. The van der Waals surface area contributed by atoms with E-state index < -0.39 is 8.80 Å². The van der Waals surface area contributed by atoms with E-state index in [-0.39, 0.29) is 0 Å². The van der Waals surface area contributed by atoms with Crippen LogP contribution in [0.3, 0.4) is 0 Å². The Morgan fingerprint density at radius 1 is 1.35 bits per heavy atom. The van der Waals surface area contributed by atoms with E-state index in [0.29, 0.717) is 11.6 Å². The second-order valence-corrected chi connectivity index (χ2v) is 10.6. The van der Waals surface area contributed by atoms with Gasteiger partial charge in [-0.2, -0.15) is 0 Å². The van der Waals surface area contributed by atoms with Crippen molar-refractivity contribution >= 4 is 36.3 Å². The van der Waals surface area contributed by atoms with Gasteiger partial charge in [-0.1, -0.05) is 54.5 Å². The molecule has 0 bridgehead atoms. The van der Waals surface area contributed by atoms with E-state index in [9.17, 15) is 0 Å². The van der Waals surface area contributed by atoms with Gasteiger partial charge in [0, 0.05) is 24.9 Å². The molecule has 0 aliphatic carbocycles. The van der Waals surface area contributed by atoms with Gasteiger partial charge in [0.25, 0.3) is 0 Å². The minimum absolute atomic E-state index is 0.332. The zero-order chi connectivity index (χ0) is 13.1. The van der Waals surface area contributed by atoms with Gasteiger partial charge in [0.2, 0.25) is 0 Å². The van der Waals surface area contributed by atoms with Crippen molar-refractivity contribution in [1.82, 2.24) is 0 Å². The summed E-state index contributed by atoms with van der Waals surface area (Å²) < 4.78 is 6.85. The SMILES string of the molecule is C[SiH](C)C(C)(C)COCc1cc(Br)ccc1Cl. The van der Waals surface area contributed by atoms with E-state index in [1.165, 1.54) is 0 Å². The van der Waals surface area contributed by atoms with Crippen molar-refractivity contribution in [2.24, 2.45) is 0 Å². The van der Waals surface area contributed by atoms with Gasteiger partial charge in [-0.3, -0.25) is 0 Å². The minimum atomic E-state index is -0.695. The quantitative estimate of drug-likeness (QED) is 0.696. The zero-order valence-electron chi connectivity index (χ0n) is 10.9. The molecule has 0 atom stereocenters. The number of halogens is 2. The highest BCUT2D eigenvalue weighted by molar-refractivity contribution is 9.10. The van der Waals surface area contributed by atoms with E-state index in [0.717, 1.165) is 21.7 Å². The molecule has 0 amide bonds. The summed E-state index contributed by atoms with van der Waals surface area (Å²) in [6.45, 7) is 10.7. The van der Waals surface area contributed by atoms with Crippen LogP contribution in [0.15, 0.2) is 22.7 Å². The fourth-order valence-electron chi connectivity index (χ4n) is 1.24. The Kier molecular flexibility index (Phi) is 5.70. The average molecular weight is 336 g/mol. The molecule has 0 fully saturated rings. The predicted molar refractivity (Wildman–Crippen MR) is 81.7 cm³/mol. The molecule has 1 aromatic rings. The smallest absolute Gasteiger partial charge is 0.0731 e.